The Kier molecular flexibility index (Phi) is 4.61. The molecule has 2 heterocycles. The predicted molar refractivity (Wildman–Crippen MR) is 76.0 cm³/mol. The monoisotopic (exact) mass is 282 g/mol. The van der Waals surface area contributed by atoms with Crippen molar-refractivity contribution in [2.75, 3.05) is 18.5 Å². The molecule has 1 fully saturated rings. The topological polar surface area (TPSA) is 71.2 Å². The maximum atomic E-state index is 12.4. The number of rotatable bonds is 2. The summed E-state index contributed by atoms with van der Waals surface area (Å²) in [5.74, 6) is 6.32. The number of nitrogen functional groups attached to an aromatic ring is 1. The summed E-state index contributed by atoms with van der Waals surface area (Å²) in [7, 11) is 0. The lowest BCUT2D eigenvalue weighted by molar-refractivity contribution is 0.0760. The van der Waals surface area contributed by atoms with Gasteiger partial charge in [-0.05, 0) is 31.2 Å². The van der Waals surface area contributed by atoms with Crippen molar-refractivity contribution in [3.63, 3.8) is 0 Å². The molecule has 1 unspecified atom stereocenters. The summed E-state index contributed by atoms with van der Waals surface area (Å²) in [6.45, 7) is 3.83. The third kappa shape index (κ3) is 3.36. The lowest BCUT2D eigenvalue weighted by Crippen LogP contribution is -2.32. The van der Waals surface area contributed by atoms with Crippen molar-refractivity contribution >= 4 is 23.3 Å². The minimum absolute atomic E-state index is 0.00734. The molecule has 1 aromatic rings. The third-order valence-electron chi connectivity index (χ3n) is 3.53. The van der Waals surface area contributed by atoms with Crippen molar-refractivity contribution in [2.24, 2.45) is 11.8 Å². The quantitative estimate of drug-likeness (QED) is 0.645. The van der Waals surface area contributed by atoms with Gasteiger partial charge < -0.3 is 10.3 Å². The standard InChI is InChI=1S/C13H19ClN4O/c1-9-3-2-5-18(6-4-9)13(19)10-7-11(14)12(17-15)16-8-10/h7-9H,2-6,15H2,1H3,(H,16,17). The van der Waals surface area contributed by atoms with Gasteiger partial charge in [0.25, 0.3) is 5.91 Å². The second kappa shape index (κ2) is 6.21. The van der Waals surface area contributed by atoms with Crippen molar-refractivity contribution in [1.29, 1.82) is 0 Å². The van der Waals surface area contributed by atoms with Gasteiger partial charge in [-0.1, -0.05) is 18.5 Å². The molecule has 1 aromatic heterocycles. The molecule has 104 valence electrons. The van der Waals surface area contributed by atoms with E-state index >= 15 is 0 Å². The number of pyridine rings is 1. The van der Waals surface area contributed by atoms with Crippen LogP contribution in [-0.4, -0.2) is 28.9 Å². The molecule has 1 saturated heterocycles. The number of hydrogen-bond acceptors (Lipinski definition) is 4. The number of carbonyl (C=O) groups excluding carboxylic acids is 1. The second-order valence-electron chi connectivity index (χ2n) is 5.03. The molecule has 0 bridgehead atoms. The van der Waals surface area contributed by atoms with E-state index in [1.165, 1.54) is 12.6 Å². The SMILES string of the molecule is CC1CCCN(C(=O)c2cnc(NN)c(Cl)c2)CC1. The molecule has 1 aliphatic heterocycles. The first-order chi connectivity index (χ1) is 9.11. The second-order valence-corrected chi connectivity index (χ2v) is 5.43. The minimum Gasteiger partial charge on any atom is -0.339 e. The molecule has 0 spiro atoms. The molecule has 0 aromatic carbocycles. The molecular weight excluding hydrogens is 264 g/mol. The van der Waals surface area contributed by atoms with Crippen LogP contribution in [0.3, 0.4) is 0 Å². The van der Waals surface area contributed by atoms with Gasteiger partial charge in [-0.25, -0.2) is 10.8 Å². The van der Waals surface area contributed by atoms with Gasteiger partial charge in [0, 0.05) is 19.3 Å². The average molecular weight is 283 g/mol. The van der Waals surface area contributed by atoms with Crippen molar-refractivity contribution < 1.29 is 4.79 Å². The maximum Gasteiger partial charge on any atom is 0.255 e. The van der Waals surface area contributed by atoms with Crippen LogP contribution in [0.15, 0.2) is 12.3 Å². The predicted octanol–water partition coefficient (Wildman–Crippen LogP) is 2.28. The van der Waals surface area contributed by atoms with Gasteiger partial charge in [-0.3, -0.25) is 4.79 Å². The molecule has 0 radical (unpaired) electrons. The van der Waals surface area contributed by atoms with Crippen LogP contribution in [0.25, 0.3) is 0 Å². The number of hydrogen-bond donors (Lipinski definition) is 2. The number of nitrogens with two attached hydrogens (primary N) is 1. The first kappa shape index (κ1) is 14.1. The molecule has 1 atom stereocenters. The number of carbonyl (C=O) groups is 1. The van der Waals surface area contributed by atoms with E-state index in [1.54, 1.807) is 6.07 Å². The molecule has 0 aliphatic carbocycles. The van der Waals surface area contributed by atoms with E-state index in [9.17, 15) is 4.79 Å². The molecule has 1 amide bonds. The van der Waals surface area contributed by atoms with Gasteiger partial charge >= 0.3 is 0 Å². The molecule has 2 rings (SSSR count). The van der Waals surface area contributed by atoms with Crippen LogP contribution in [0.5, 0.6) is 0 Å². The van der Waals surface area contributed by atoms with E-state index in [-0.39, 0.29) is 5.91 Å². The van der Waals surface area contributed by atoms with E-state index in [1.807, 2.05) is 4.90 Å². The van der Waals surface area contributed by atoms with Crippen molar-refractivity contribution in [3.05, 3.63) is 22.8 Å². The number of nitrogens with one attached hydrogen (secondary N) is 1. The number of halogens is 1. The summed E-state index contributed by atoms with van der Waals surface area (Å²) >= 11 is 5.99. The summed E-state index contributed by atoms with van der Waals surface area (Å²) in [4.78, 5) is 18.3. The summed E-state index contributed by atoms with van der Waals surface area (Å²) < 4.78 is 0. The highest BCUT2D eigenvalue weighted by Crippen LogP contribution is 2.22. The zero-order valence-corrected chi connectivity index (χ0v) is 11.8. The Morgan fingerprint density at radius 1 is 1.53 bits per heavy atom. The summed E-state index contributed by atoms with van der Waals surface area (Å²) in [5.41, 5.74) is 2.90. The highest BCUT2D eigenvalue weighted by Gasteiger charge is 2.20. The summed E-state index contributed by atoms with van der Waals surface area (Å²) in [6.07, 6.45) is 4.79. The van der Waals surface area contributed by atoms with Crippen molar-refractivity contribution in [2.45, 2.75) is 26.2 Å². The molecule has 6 heteroatoms. The molecule has 1 aliphatic rings. The number of nitrogens with zero attached hydrogens (tertiary/aromatic N) is 2. The minimum atomic E-state index is -0.00734. The lowest BCUT2D eigenvalue weighted by Gasteiger charge is -2.20. The number of likely N-dealkylation sites (tertiary alicyclic amines) is 1. The zero-order chi connectivity index (χ0) is 13.8. The van der Waals surface area contributed by atoms with Gasteiger partial charge in [0.2, 0.25) is 0 Å². The molecular formula is C13H19ClN4O. The normalized spacial score (nSPS) is 19.9. The van der Waals surface area contributed by atoms with Crippen LogP contribution in [0.4, 0.5) is 5.82 Å². The van der Waals surface area contributed by atoms with Crippen LogP contribution < -0.4 is 11.3 Å². The summed E-state index contributed by atoms with van der Waals surface area (Å²) in [6, 6.07) is 1.61. The van der Waals surface area contributed by atoms with E-state index in [2.05, 4.69) is 17.3 Å². The highest BCUT2D eigenvalue weighted by molar-refractivity contribution is 6.33. The van der Waals surface area contributed by atoms with Crippen LogP contribution >= 0.6 is 11.6 Å². The number of hydrazine groups is 1. The number of amides is 1. The molecule has 19 heavy (non-hydrogen) atoms. The van der Waals surface area contributed by atoms with Gasteiger partial charge in [0.15, 0.2) is 5.82 Å². The number of anilines is 1. The third-order valence-corrected chi connectivity index (χ3v) is 3.82. The Bertz CT molecular complexity index is 466. The van der Waals surface area contributed by atoms with Crippen LogP contribution in [0, 0.1) is 5.92 Å². The first-order valence-electron chi connectivity index (χ1n) is 6.53. The Labute approximate surface area is 118 Å². The first-order valence-corrected chi connectivity index (χ1v) is 6.91. The highest BCUT2D eigenvalue weighted by atomic mass is 35.5. The van der Waals surface area contributed by atoms with Gasteiger partial charge in [-0.2, -0.15) is 0 Å². The zero-order valence-electron chi connectivity index (χ0n) is 11.0. The Morgan fingerprint density at radius 3 is 3.00 bits per heavy atom. The van der Waals surface area contributed by atoms with Crippen molar-refractivity contribution in [3.8, 4) is 0 Å². The largest absolute Gasteiger partial charge is 0.339 e. The van der Waals surface area contributed by atoms with Gasteiger partial charge in [0.05, 0.1) is 10.6 Å². The Morgan fingerprint density at radius 2 is 2.32 bits per heavy atom. The fraction of sp³-hybridized carbons (Fsp3) is 0.538. The van der Waals surface area contributed by atoms with Crippen molar-refractivity contribution in [1.82, 2.24) is 9.88 Å². The van der Waals surface area contributed by atoms with E-state index in [0.717, 1.165) is 25.9 Å². The molecule has 3 N–H and O–H groups in total. The molecule has 5 nitrogen and oxygen atoms in total. The molecule has 0 saturated carbocycles. The lowest BCUT2D eigenvalue weighted by atomic mass is 10.0. The average Bonchev–Trinajstić information content (AvgIpc) is 2.62. The van der Waals surface area contributed by atoms with E-state index in [4.69, 9.17) is 17.4 Å². The van der Waals surface area contributed by atoms with Gasteiger partial charge in [0.1, 0.15) is 0 Å². The fourth-order valence-electron chi connectivity index (χ4n) is 2.31. The van der Waals surface area contributed by atoms with Crippen LogP contribution in [-0.2, 0) is 0 Å². The fourth-order valence-corrected chi connectivity index (χ4v) is 2.53. The maximum absolute atomic E-state index is 12.4. The smallest absolute Gasteiger partial charge is 0.255 e. The Balaban J connectivity index is 2.12. The van der Waals surface area contributed by atoms with E-state index < -0.39 is 0 Å². The van der Waals surface area contributed by atoms with E-state index in [0.29, 0.717) is 22.3 Å². The van der Waals surface area contributed by atoms with Crippen LogP contribution in [0.2, 0.25) is 5.02 Å². The summed E-state index contributed by atoms with van der Waals surface area (Å²) in [5, 5.41) is 0.358. The Hall–Kier alpha value is -1.33. The van der Waals surface area contributed by atoms with Gasteiger partial charge in [-0.15, -0.1) is 0 Å². The number of aromatic nitrogens is 1. The van der Waals surface area contributed by atoms with Crippen LogP contribution in [0.1, 0.15) is 36.5 Å².